The molecule has 0 aliphatic rings. The smallest absolute Gasteiger partial charge is 0.313 e. The predicted molar refractivity (Wildman–Crippen MR) is 83.7 cm³/mol. The fourth-order valence-electron chi connectivity index (χ4n) is 1.64. The van der Waals surface area contributed by atoms with Crippen LogP contribution < -0.4 is 16.0 Å². The highest BCUT2D eigenvalue weighted by molar-refractivity contribution is 7.99. The van der Waals surface area contributed by atoms with Crippen LogP contribution in [0.2, 0.25) is 0 Å². The standard InChI is InChI=1S/C11H18N4O4S2/c1-8(20-2)6-7-13-21(18,19)10-5-3-4-9(14-12)11(10)15(16)17/h3-5,8,13-14H,6-7,12H2,1-2H3. The Morgan fingerprint density at radius 1 is 1.48 bits per heavy atom. The van der Waals surface area contributed by atoms with Gasteiger partial charge in [0.05, 0.1) is 4.92 Å². The van der Waals surface area contributed by atoms with Crippen molar-refractivity contribution in [3.8, 4) is 0 Å². The summed E-state index contributed by atoms with van der Waals surface area (Å²) in [6.07, 6.45) is 2.56. The molecular weight excluding hydrogens is 316 g/mol. The first kappa shape index (κ1) is 17.7. The molecule has 0 saturated heterocycles. The molecule has 1 rings (SSSR count). The van der Waals surface area contributed by atoms with Gasteiger partial charge in [-0.25, -0.2) is 13.1 Å². The van der Waals surface area contributed by atoms with Gasteiger partial charge in [-0.15, -0.1) is 0 Å². The third kappa shape index (κ3) is 4.56. The molecule has 4 N–H and O–H groups in total. The van der Waals surface area contributed by atoms with Crippen molar-refractivity contribution in [1.82, 2.24) is 4.72 Å². The van der Waals surface area contributed by atoms with E-state index in [9.17, 15) is 18.5 Å². The SMILES string of the molecule is CSC(C)CCNS(=O)(=O)c1cccc(NN)c1[N+](=O)[O-]. The van der Waals surface area contributed by atoms with E-state index >= 15 is 0 Å². The Morgan fingerprint density at radius 2 is 2.14 bits per heavy atom. The Hall–Kier alpha value is -1.36. The first-order chi connectivity index (χ1) is 9.83. The van der Waals surface area contributed by atoms with E-state index in [0.29, 0.717) is 11.7 Å². The number of nitrogens with zero attached hydrogens (tertiary/aromatic N) is 1. The number of nitrogen functional groups attached to an aromatic ring is 1. The second-order valence-corrected chi connectivity index (χ2v) is 7.30. The van der Waals surface area contributed by atoms with Crippen molar-refractivity contribution in [2.75, 3.05) is 18.2 Å². The Labute approximate surface area is 127 Å². The van der Waals surface area contributed by atoms with Gasteiger partial charge in [0.25, 0.3) is 0 Å². The fraction of sp³-hybridized carbons (Fsp3) is 0.455. The molecule has 0 amide bonds. The molecule has 0 aromatic heterocycles. The van der Waals surface area contributed by atoms with E-state index in [1.807, 2.05) is 13.2 Å². The van der Waals surface area contributed by atoms with Crippen LogP contribution in [0.1, 0.15) is 13.3 Å². The number of rotatable bonds is 8. The number of hydrogen-bond acceptors (Lipinski definition) is 7. The van der Waals surface area contributed by atoms with Gasteiger partial charge < -0.3 is 5.43 Å². The van der Waals surface area contributed by atoms with Gasteiger partial charge in [0.15, 0.2) is 4.90 Å². The summed E-state index contributed by atoms with van der Waals surface area (Å²) in [6.45, 7) is 2.18. The molecule has 0 aliphatic carbocycles. The highest BCUT2D eigenvalue weighted by Crippen LogP contribution is 2.31. The normalized spacial score (nSPS) is 12.9. The molecule has 8 nitrogen and oxygen atoms in total. The minimum atomic E-state index is -3.97. The number of nitro benzene ring substituents is 1. The van der Waals surface area contributed by atoms with Gasteiger partial charge in [0.1, 0.15) is 5.69 Å². The van der Waals surface area contributed by atoms with Crippen molar-refractivity contribution in [3.63, 3.8) is 0 Å². The Bertz CT molecular complexity index is 606. The zero-order chi connectivity index (χ0) is 16.0. The Morgan fingerprint density at radius 3 is 2.67 bits per heavy atom. The summed E-state index contributed by atoms with van der Waals surface area (Å²) >= 11 is 1.62. The number of nitro groups is 1. The number of nitrogens with one attached hydrogen (secondary N) is 2. The summed E-state index contributed by atoms with van der Waals surface area (Å²) in [4.78, 5) is 9.92. The lowest BCUT2D eigenvalue weighted by molar-refractivity contribution is -0.386. The van der Waals surface area contributed by atoms with Crippen LogP contribution in [0.4, 0.5) is 11.4 Å². The molecule has 0 radical (unpaired) electrons. The lowest BCUT2D eigenvalue weighted by Crippen LogP contribution is -2.27. The number of sulfonamides is 1. The molecule has 1 aromatic rings. The zero-order valence-electron chi connectivity index (χ0n) is 11.7. The Kier molecular flexibility index (Phi) is 6.40. The Balaban J connectivity index is 3.06. The van der Waals surface area contributed by atoms with Crippen LogP contribution in [0.15, 0.2) is 23.1 Å². The fourth-order valence-corrected chi connectivity index (χ4v) is 3.23. The number of thioether (sulfide) groups is 1. The van der Waals surface area contributed by atoms with Gasteiger partial charge in [-0.3, -0.25) is 16.0 Å². The van der Waals surface area contributed by atoms with Crippen LogP contribution >= 0.6 is 11.8 Å². The lowest BCUT2D eigenvalue weighted by atomic mass is 10.3. The molecule has 1 unspecified atom stereocenters. The largest absolute Gasteiger partial charge is 0.318 e. The van der Waals surface area contributed by atoms with E-state index in [2.05, 4.69) is 10.1 Å². The summed E-state index contributed by atoms with van der Waals surface area (Å²) in [6, 6.07) is 3.91. The molecule has 10 heteroatoms. The number of anilines is 1. The van der Waals surface area contributed by atoms with Crippen LogP contribution in [0.5, 0.6) is 0 Å². The van der Waals surface area contributed by atoms with Crippen molar-refractivity contribution in [1.29, 1.82) is 0 Å². The maximum absolute atomic E-state index is 12.2. The summed E-state index contributed by atoms with van der Waals surface area (Å²) in [5, 5.41) is 11.4. The van der Waals surface area contributed by atoms with E-state index in [0.717, 1.165) is 0 Å². The van der Waals surface area contributed by atoms with Crippen LogP contribution in [-0.2, 0) is 10.0 Å². The number of para-hydroxylation sites is 1. The third-order valence-corrected chi connectivity index (χ3v) is 5.40. The van der Waals surface area contributed by atoms with E-state index < -0.39 is 25.5 Å². The van der Waals surface area contributed by atoms with Crippen molar-refractivity contribution < 1.29 is 13.3 Å². The van der Waals surface area contributed by atoms with Crippen LogP contribution in [-0.4, -0.2) is 31.4 Å². The first-order valence-electron chi connectivity index (χ1n) is 6.10. The highest BCUT2D eigenvalue weighted by atomic mass is 32.2. The third-order valence-electron chi connectivity index (χ3n) is 2.87. The van der Waals surface area contributed by atoms with Crippen molar-refractivity contribution >= 4 is 33.2 Å². The average Bonchev–Trinajstić information content (AvgIpc) is 2.45. The molecule has 0 saturated carbocycles. The number of nitrogens with two attached hydrogens (primary N) is 1. The van der Waals surface area contributed by atoms with Gasteiger partial charge in [-0.05, 0) is 24.8 Å². The van der Waals surface area contributed by atoms with Gasteiger partial charge in [-0.1, -0.05) is 13.0 Å². The molecule has 0 aliphatic heterocycles. The van der Waals surface area contributed by atoms with E-state index in [1.54, 1.807) is 11.8 Å². The number of hydrogen-bond donors (Lipinski definition) is 3. The second kappa shape index (κ2) is 7.59. The molecule has 1 atom stereocenters. The van der Waals surface area contributed by atoms with Crippen molar-refractivity contribution in [2.24, 2.45) is 5.84 Å². The van der Waals surface area contributed by atoms with E-state index in [-0.39, 0.29) is 12.2 Å². The van der Waals surface area contributed by atoms with E-state index in [4.69, 9.17) is 5.84 Å². The number of hydrazine groups is 1. The zero-order valence-corrected chi connectivity index (χ0v) is 13.3. The summed E-state index contributed by atoms with van der Waals surface area (Å²) in [5.74, 6) is 5.19. The highest BCUT2D eigenvalue weighted by Gasteiger charge is 2.28. The molecule has 0 bridgehead atoms. The number of benzene rings is 1. The van der Waals surface area contributed by atoms with Crippen molar-refractivity contribution in [3.05, 3.63) is 28.3 Å². The second-order valence-electron chi connectivity index (χ2n) is 4.29. The summed E-state index contributed by atoms with van der Waals surface area (Å²) in [7, 11) is -3.97. The maximum Gasteiger partial charge on any atom is 0.313 e. The molecular formula is C11H18N4O4S2. The quantitative estimate of drug-likeness (QED) is 0.371. The minimum Gasteiger partial charge on any atom is -0.318 e. The molecule has 0 heterocycles. The van der Waals surface area contributed by atoms with Gasteiger partial charge in [-0.2, -0.15) is 11.8 Å². The van der Waals surface area contributed by atoms with Crippen LogP contribution in [0, 0.1) is 10.1 Å². The molecule has 0 fully saturated rings. The predicted octanol–water partition coefficient (Wildman–Crippen LogP) is 1.30. The van der Waals surface area contributed by atoms with Crippen molar-refractivity contribution in [2.45, 2.75) is 23.5 Å². The maximum atomic E-state index is 12.2. The van der Waals surface area contributed by atoms with E-state index in [1.165, 1.54) is 18.2 Å². The average molecular weight is 334 g/mol. The lowest BCUT2D eigenvalue weighted by Gasteiger charge is -2.11. The topological polar surface area (TPSA) is 127 Å². The molecule has 1 aromatic carbocycles. The minimum absolute atomic E-state index is 0.0552. The monoisotopic (exact) mass is 334 g/mol. The summed E-state index contributed by atoms with van der Waals surface area (Å²) in [5.41, 5.74) is 1.52. The van der Waals surface area contributed by atoms with Gasteiger partial charge in [0.2, 0.25) is 10.0 Å². The van der Waals surface area contributed by atoms with Gasteiger partial charge >= 0.3 is 5.69 Å². The summed E-state index contributed by atoms with van der Waals surface area (Å²) < 4.78 is 26.8. The molecule has 118 valence electrons. The molecule has 21 heavy (non-hydrogen) atoms. The van der Waals surface area contributed by atoms with Crippen LogP contribution in [0.25, 0.3) is 0 Å². The molecule has 0 spiro atoms. The van der Waals surface area contributed by atoms with Gasteiger partial charge in [0, 0.05) is 11.8 Å². The van der Waals surface area contributed by atoms with Crippen LogP contribution in [0.3, 0.4) is 0 Å². The first-order valence-corrected chi connectivity index (χ1v) is 8.87.